The van der Waals surface area contributed by atoms with Crippen molar-refractivity contribution in [2.24, 2.45) is 0 Å². The number of hydrogen-bond acceptors (Lipinski definition) is 5. The first-order valence-corrected chi connectivity index (χ1v) is 7.53. The molecule has 1 fully saturated rings. The van der Waals surface area contributed by atoms with Gasteiger partial charge in [-0.25, -0.2) is 8.42 Å². The highest BCUT2D eigenvalue weighted by Gasteiger charge is 2.28. The fraction of sp³-hybridized carbons (Fsp3) is 0.900. The van der Waals surface area contributed by atoms with Crippen LogP contribution in [0.3, 0.4) is 0 Å². The SMILES string of the molecule is CCS(=O)(=O)CCCN1CCOCC1C(=O)O. The summed E-state index contributed by atoms with van der Waals surface area (Å²) >= 11 is 0. The Kier molecular flexibility index (Phi) is 5.35. The van der Waals surface area contributed by atoms with Gasteiger partial charge in [0.1, 0.15) is 15.9 Å². The number of hydrogen-bond donors (Lipinski definition) is 1. The largest absolute Gasteiger partial charge is 0.480 e. The van der Waals surface area contributed by atoms with Crippen LogP contribution in [-0.4, -0.2) is 68.2 Å². The number of carboxylic acids is 1. The number of morpholine rings is 1. The lowest BCUT2D eigenvalue weighted by Crippen LogP contribution is -2.50. The summed E-state index contributed by atoms with van der Waals surface area (Å²) in [6.07, 6.45) is 0.472. The highest BCUT2D eigenvalue weighted by molar-refractivity contribution is 7.91. The molecule has 1 aliphatic rings. The Balaban J connectivity index is 2.41. The van der Waals surface area contributed by atoms with E-state index in [1.165, 1.54) is 0 Å². The molecule has 0 bridgehead atoms. The number of rotatable bonds is 6. The predicted molar refractivity (Wildman–Crippen MR) is 62.8 cm³/mol. The fourth-order valence-electron chi connectivity index (χ4n) is 1.77. The van der Waals surface area contributed by atoms with Gasteiger partial charge in [-0.05, 0) is 6.42 Å². The quantitative estimate of drug-likeness (QED) is 0.703. The third-order valence-electron chi connectivity index (χ3n) is 2.86. The van der Waals surface area contributed by atoms with Crippen LogP contribution < -0.4 is 0 Å². The van der Waals surface area contributed by atoms with Crippen LogP contribution in [-0.2, 0) is 19.4 Å². The van der Waals surface area contributed by atoms with E-state index < -0.39 is 21.8 Å². The third-order valence-corrected chi connectivity index (χ3v) is 4.66. The molecule has 1 atom stereocenters. The van der Waals surface area contributed by atoms with Gasteiger partial charge in [-0.1, -0.05) is 6.92 Å². The molecule has 0 aromatic carbocycles. The molecular formula is C10H19NO5S. The zero-order valence-corrected chi connectivity index (χ0v) is 10.8. The molecule has 0 radical (unpaired) electrons. The van der Waals surface area contributed by atoms with Crippen LogP contribution in [0.1, 0.15) is 13.3 Å². The smallest absolute Gasteiger partial charge is 0.323 e. The van der Waals surface area contributed by atoms with Crippen LogP contribution in [0.4, 0.5) is 0 Å². The summed E-state index contributed by atoms with van der Waals surface area (Å²) in [7, 11) is -2.96. The molecule has 0 saturated carbocycles. The average Bonchev–Trinajstić information content (AvgIpc) is 2.29. The van der Waals surface area contributed by atoms with Crippen LogP contribution in [0.5, 0.6) is 0 Å². The zero-order chi connectivity index (χ0) is 12.9. The molecule has 1 rings (SSSR count). The maximum Gasteiger partial charge on any atom is 0.323 e. The van der Waals surface area contributed by atoms with Crippen molar-refractivity contribution in [3.8, 4) is 0 Å². The molecular weight excluding hydrogens is 246 g/mol. The molecule has 1 unspecified atom stereocenters. The van der Waals surface area contributed by atoms with Crippen LogP contribution in [0.25, 0.3) is 0 Å². The van der Waals surface area contributed by atoms with Crippen LogP contribution in [0.2, 0.25) is 0 Å². The van der Waals surface area contributed by atoms with Gasteiger partial charge in [-0.3, -0.25) is 9.69 Å². The Bertz CT molecular complexity index is 354. The minimum atomic E-state index is -2.96. The van der Waals surface area contributed by atoms with E-state index in [2.05, 4.69) is 0 Å². The molecule has 6 nitrogen and oxygen atoms in total. The highest BCUT2D eigenvalue weighted by atomic mass is 32.2. The molecule has 100 valence electrons. The minimum absolute atomic E-state index is 0.118. The van der Waals surface area contributed by atoms with Gasteiger partial charge in [0.15, 0.2) is 0 Å². The van der Waals surface area contributed by atoms with Gasteiger partial charge in [0.25, 0.3) is 0 Å². The van der Waals surface area contributed by atoms with E-state index in [1.807, 2.05) is 0 Å². The van der Waals surface area contributed by atoms with Gasteiger partial charge >= 0.3 is 5.97 Å². The second-order valence-corrected chi connectivity index (χ2v) is 6.53. The van der Waals surface area contributed by atoms with Crippen molar-refractivity contribution in [2.45, 2.75) is 19.4 Å². The van der Waals surface area contributed by atoms with Gasteiger partial charge in [0.2, 0.25) is 0 Å². The van der Waals surface area contributed by atoms with E-state index in [0.29, 0.717) is 26.1 Å². The lowest BCUT2D eigenvalue weighted by Gasteiger charge is -2.32. The summed E-state index contributed by atoms with van der Waals surface area (Å²) in [5.74, 6) is -0.658. The topological polar surface area (TPSA) is 83.9 Å². The summed E-state index contributed by atoms with van der Waals surface area (Å²) < 4.78 is 27.7. The molecule has 0 spiro atoms. The molecule has 0 aromatic rings. The Labute approximate surface area is 101 Å². The molecule has 0 aliphatic carbocycles. The van der Waals surface area contributed by atoms with E-state index in [9.17, 15) is 13.2 Å². The van der Waals surface area contributed by atoms with Crippen molar-refractivity contribution in [1.82, 2.24) is 4.90 Å². The first-order valence-electron chi connectivity index (χ1n) is 5.71. The van der Waals surface area contributed by atoms with Crippen LogP contribution in [0, 0.1) is 0 Å². The summed E-state index contributed by atoms with van der Waals surface area (Å²) in [6.45, 7) is 3.33. The Hall–Kier alpha value is -0.660. The number of aliphatic carboxylic acids is 1. The summed E-state index contributed by atoms with van der Waals surface area (Å²) in [5, 5.41) is 8.97. The predicted octanol–water partition coefficient (Wildman–Crippen LogP) is -0.403. The van der Waals surface area contributed by atoms with Crippen LogP contribution in [0.15, 0.2) is 0 Å². The van der Waals surface area contributed by atoms with Crippen LogP contribution >= 0.6 is 0 Å². The summed E-state index contributed by atoms with van der Waals surface area (Å²) in [6, 6.07) is -0.645. The normalized spacial score (nSPS) is 22.5. The lowest BCUT2D eigenvalue weighted by atomic mass is 10.2. The van der Waals surface area contributed by atoms with Crippen molar-refractivity contribution < 1.29 is 23.1 Å². The maximum atomic E-state index is 11.3. The van der Waals surface area contributed by atoms with Crippen molar-refractivity contribution >= 4 is 15.8 Å². The standard InChI is InChI=1S/C10H19NO5S/c1-2-17(14,15)7-3-4-11-5-6-16-8-9(11)10(12)13/h9H,2-8H2,1H3,(H,12,13). The summed E-state index contributed by atoms with van der Waals surface area (Å²) in [4.78, 5) is 12.7. The molecule has 1 heterocycles. The molecule has 1 aliphatic heterocycles. The van der Waals surface area contributed by atoms with Crippen molar-refractivity contribution in [2.75, 3.05) is 37.8 Å². The number of carboxylic acid groups (broad SMARTS) is 1. The summed E-state index contributed by atoms with van der Waals surface area (Å²) in [5.41, 5.74) is 0. The molecule has 7 heteroatoms. The lowest BCUT2D eigenvalue weighted by molar-refractivity contribution is -0.149. The average molecular weight is 265 g/mol. The third kappa shape index (κ3) is 4.61. The Morgan fingerprint density at radius 1 is 1.53 bits per heavy atom. The van der Waals surface area contributed by atoms with E-state index in [1.54, 1.807) is 11.8 Å². The first-order chi connectivity index (χ1) is 7.96. The zero-order valence-electron chi connectivity index (χ0n) is 9.96. The van der Waals surface area contributed by atoms with Gasteiger partial charge in [0.05, 0.1) is 19.0 Å². The number of carbonyl (C=O) groups is 1. The van der Waals surface area contributed by atoms with Gasteiger partial charge in [-0.15, -0.1) is 0 Å². The van der Waals surface area contributed by atoms with Gasteiger partial charge in [0, 0.05) is 18.8 Å². The van der Waals surface area contributed by atoms with E-state index in [0.717, 1.165) is 0 Å². The molecule has 17 heavy (non-hydrogen) atoms. The molecule has 0 amide bonds. The van der Waals surface area contributed by atoms with Gasteiger partial charge < -0.3 is 9.84 Å². The second kappa shape index (κ2) is 6.32. The van der Waals surface area contributed by atoms with E-state index >= 15 is 0 Å². The van der Waals surface area contributed by atoms with E-state index in [-0.39, 0.29) is 18.1 Å². The van der Waals surface area contributed by atoms with Crippen molar-refractivity contribution in [1.29, 1.82) is 0 Å². The number of sulfone groups is 1. The Morgan fingerprint density at radius 2 is 2.24 bits per heavy atom. The van der Waals surface area contributed by atoms with Crippen molar-refractivity contribution in [3.63, 3.8) is 0 Å². The molecule has 0 aromatic heterocycles. The maximum absolute atomic E-state index is 11.3. The minimum Gasteiger partial charge on any atom is -0.480 e. The van der Waals surface area contributed by atoms with Crippen molar-refractivity contribution in [3.05, 3.63) is 0 Å². The number of nitrogens with zero attached hydrogens (tertiary/aromatic N) is 1. The Morgan fingerprint density at radius 3 is 2.82 bits per heavy atom. The monoisotopic (exact) mass is 265 g/mol. The number of ether oxygens (including phenoxy) is 1. The second-order valence-electron chi connectivity index (χ2n) is 4.05. The van der Waals surface area contributed by atoms with Gasteiger partial charge in [-0.2, -0.15) is 0 Å². The fourth-order valence-corrected chi connectivity index (χ4v) is 2.62. The first kappa shape index (κ1) is 14.4. The molecule has 1 saturated heterocycles. The van der Waals surface area contributed by atoms with E-state index in [4.69, 9.17) is 9.84 Å². The molecule has 1 N–H and O–H groups in total. The highest BCUT2D eigenvalue weighted by Crippen LogP contribution is 2.08.